The van der Waals surface area contributed by atoms with Crippen molar-refractivity contribution in [2.75, 3.05) is 6.61 Å². The SMILES string of the molecule is CC(C#N)CCCCCO. The Bertz CT molecular complexity index is 106. The molecule has 0 amide bonds. The molecule has 0 aromatic heterocycles. The molecule has 1 N–H and O–H groups in total. The Kier molecular flexibility index (Phi) is 6.21. The second-order valence-electron chi connectivity index (χ2n) is 2.60. The monoisotopic (exact) mass is 141 g/mol. The molecule has 0 aromatic rings. The van der Waals surface area contributed by atoms with Crippen molar-refractivity contribution in [2.24, 2.45) is 5.92 Å². The van der Waals surface area contributed by atoms with E-state index in [-0.39, 0.29) is 12.5 Å². The summed E-state index contributed by atoms with van der Waals surface area (Å²) in [5, 5.41) is 16.8. The third-order valence-electron chi connectivity index (χ3n) is 1.52. The van der Waals surface area contributed by atoms with Gasteiger partial charge in [0.1, 0.15) is 0 Å². The molecular formula is C8H15NO. The van der Waals surface area contributed by atoms with Crippen molar-refractivity contribution in [3.8, 4) is 6.07 Å². The van der Waals surface area contributed by atoms with E-state index in [2.05, 4.69) is 6.07 Å². The molecule has 58 valence electrons. The molecule has 2 heteroatoms. The van der Waals surface area contributed by atoms with E-state index in [0.717, 1.165) is 25.7 Å². The van der Waals surface area contributed by atoms with Crippen LogP contribution in [0.2, 0.25) is 0 Å². The van der Waals surface area contributed by atoms with Gasteiger partial charge in [-0.3, -0.25) is 0 Å². The van der Waals surface area contributed by atoms with Crippen LogP contribution in [0, 0.1) is 17.2 Å². The van der Waals surface area contributed by atoms with Gasteiger partial charge in [0, 0.05) is 12.5 Å². The van der Waals surface area contributed by atoms with Crippen molar-refractivity contribution in [3.63, 3.8) is 0 Å². The summed E-state index contributed by atoms with van der Waals surface area (Å²) in [6.07, 6.45) is 3.95. The van der Waals surface area contributed by atoms with E-state index in [1.54, 1.807) is 0 Å². The standard InChI is InChI=1S/C8H15NO/c1-8(7-9)5-3-2-4-6-10/h8,10H,2-6H2,1H3. The molecule has 0 saturated carbocycles. The Labute approximate surface area is 62.5 Å². The molecule has 0 bridgehead atoms. The molecule has 0 heterocycles. The van der Waals surface area contributed by atoms with Crippen LogP contribution in [0.25, 0.3) is 0 Å². The Balaban J connectivity index is 2.98. The average molecular weight is 141 g/mol. The molecular weight excluding hydrogens is 126 g/mol. The highest BCUT2D eigenvalue weighted by molar-refractivity contribution is 4.77. The predicted molar refractivity (Wildman–Crippen MR) is 40.3 cm³/mol. The summed E-state index contributed by atoms with van der Waals surface area (Å²) < 4.78 is 0. The molecule has 0 aliphatic heterocycles. The minimum Gasteiger partial charge on any atom is -0.396 e. The maximum atomic E-state index is 8.42. The molecule has 0 radical (unpaired) electrons. The minimum absolute atomic E-state index is 0.179. The lowest BCUT2D eigenvalue weighted by Crippen LogP contribution is -1.90. The molecule has 0 aliphatic carbocycles. The summed E-state index contributed by atoms with van der Waals surface area (Å²) in [5.41, 5.74) is 0. The lowest BCUT2D eigenvalue weighted by Gasteiger charge is -1.99. The third-order valence-corrected chi connectivity index (χ3v) is 1.52. The molecule has 0 rings (SSSR count). The van der Waals surface area contributed by atoms with Crippen LogP contribution >= 0.6 is 0 Å². The number of aliphatic hydroxyl groups excluding tert-OH is 1. The first kappa shape index (κ1) is 9.45. The van der Waals surface area contributed by atoms with Gasteiger partial charge in [-0.05, 0) is 19.8 Å². The fraction of sp³-hybridized carbons (Fsp3) is 0.875. The lowest BCUT2D eigenvalue weighted by atomic mass is 10.1. The maximum absolute atomic E-state index is 8.42. The van der Waals surface area contributed by atoms with Crippen LogP contribution < -0.4 is 0 Å². The van der Waals surface area contributed by atoms with Crippen LogP contribution in [0.5, 0.6) is 0 Å². The van der Waals surface area contributed by atoms with E-state index in [4.69, 9.17) is 10.4 Å². The molecule has 0 spiro atoms. The Morgan fingerprint density at radius 2 is 2.10 bits per heavy atom. The number of nitriles is 1. The largest absolute Gasteiger partial charge is 0.396 e. The van der Waals surface area contributed by atoms with E-state index < -0.39 is 0 Å². The Morgan fingerprint density at radius 1 is 1.40 bits per heavy atom. The fourth-order valence-electron chi connectivity index (χ4n) is 0.804. The van der Waals surface area contributed by atoms with Gasteiger partial charge in [-0.25, -0.2) is 0 Å². The first-order chi connectivity index (χ1) is 4.81. The zero-order valence-corrected chi connectivity index (χ0v) is 6.51. The van der Waals surface area contributed by atoms with Crippen LogP contribution in [-0.4, -0.2) is 11.7 Å². The smallest absolute Gasteiger partial charge is 0.0652 e. The normalized spacial score (nSPS) is 12.5. The highest BCUT2D eigenvalue weighted by Crippen LogP contribution is 2.07. The molecule has 0 saturated heterocycles. The number of unbranched alkanes of at least 4 members (excludes halogenated alkanes) is 2. The zero-order valence-electron chi connectivity index (χ0n) is 6.51. The van der Waals surface area contributed by atoms with Crippen LogP contribution in [0.15, 0.2) is 0 Å². The van der Waals surface area contributed by atoms with Crippen molar-refractivity contribution in [1.82, 2.24) is 0 Å². The molecule has 0 fully saturated rings. The van der Waals surface area contributed by atoms with Gasteiger partial charge < -0.3 is 5.11 Å². The first-order valence-corrected chi connectivity index (χ1v) is 3.81. The number of aliphatic hydroxyl groups is 1. The maximum Gasteiger partial charge on any atom is 0.0652 e. The van der Waals surface area contributed by atoms with Crippen molar-refractivity contribution in [2.45, 2.75) is 32.6 Å². The topological polar surface area (TPSA) is 44.0 Å². The van der Waals surface area contributed by atoms with Crippen molar-refractivity contribution in [1.29, 1.82) is 5.26 Å². The van der Waals surface area contributed by atoms with Gasteiger partial charge in [-0.15, -0.1) is 0 Å². The third kappa shape index (κ3) is 5.58. The van der Waals surface area contributed by atoms with Gasteiger partial charge in [0.15, 0.2) is 0 Å². The number of hydrogen-bond donors (Lipinski definition) is 1. The number of rotatable bonds is 5. The van der Waals surface area contributed by atoms with Gasteiger partial charge in [0.05, 0.1) is 6.07 Å². The Morgan fingerprint density at radius 3 is 2.60 bits per heavy atom. The minimum atomic E-state index is 0.179. The molecule has 1 atom stereocenters. The molecule has 1 unspecified atom stereocenters. The summed E-state index contributed by atoms with van der Waals surface area (Å²) in [5.74, 6) is 0.179. The summed E-state index contributed by atoms with van der Waals surface area (Å²) in [6.45, 7) is 2.21. The van der Waals surface area contributed by atoms with E-state index in [0.29, 0.717) is 0 Å². The van der Waals surface area contributed by atoms with Crippen LogP contribution in [-0.2, 0) is 0 Å². The highest BCUT2D eigenvalue weighted by atomic mass is 16.2. The Hall–Kier alpha value is -0.550. The van der Waals surface area contributed by atoms with Crippen molar-refractivity contribution in [3.05, 3.63) is 0 Å². The number of nitrogens with zero attached hydrogens (tertiary/aromatic N) is 1. The predicted octanol–water partition coefficient (Wildman–Crippen LogP) is 1.70. The van der Waals surface area contributed by atoms with E-state index in [1.807, 2.05) is 6.92 Å². The van der Waals surface area contributed by atoms with Gasteiger partial charge >= 0.3 is 0 Å². The van der Waals surface area contributed by atoms with Crippen LogP contribution in [0.3, 0.4) is 0 Å². The average Bonchev–Trinajstić information content (AvgIpc) is 1.98. The van der Waals surface area contributed by atoms with Crippen molar-refractivity contribution >= 4 is 0 Å². The molecule has 10 heavy (non-hydrogen) atoms. The van der Waals surface area contributed by atoms with Crippen LogP contribution in [0.4, 0.5) is 0 Å². The summed E-state index contributed by atoms with van der Waals surface area (Å²) in [4.78, 5) is 0. The second kappa shape index (κ2) is 6.57. The lowest BCUT2D eigenvalue weighted by molar-refractivity contribution is 0.282. The quantitative estimate of drug-likeness (QED) is 0.592. The molecule has 2 nitrogen and oxygen atoms in total. The van der Waals surface area contributed by atoms with E-state index >= 15 is 0 Å². The highest BCUT2D eigenvalue weighted by Gasteiger charge is 1.97. The first-order valence-electron chi connectivity index (χ1n) is 3.81. The summed E-state index contributed by atoms with van der Waals surface area (Å²) >= 11 is 0. The summed E-state index contributed by atoms with van der Waals surface area (Å²) in [7, 11) is 0. The van der Waals surface area contributed by atoms with E-state index in [1.165, 1.54) is 0 Å². The van der Waals surface area contributed by atoms with Gasteiger partial charge in [0.2, 0.25) is 0 Å². The second-order valence-corrected chi connectivity index (χ2v) is 2.60. The molecule has 0 aromatic carbocycles. The van der Waals surface area contributed by atoms with E-state index in [9.17, 15) is 0 Å². The van der Waals surface area contributed by atoms with Gasteiger partial charge in [0.25, 0.3) is 0 Å². The number of hydrogen-bond acceptors (Lipinski definition) is 2. The zero-order chi connectivity index (χ0) is 7.82. The van der Waals surface area contributed by atoms with Crippen molar-refractivity contribution < 1.29 is 5.11 Å². The fourth-order valence-corrected chi connectivity index (χ4v) is 0.804. The molecule has 0 aliphatic rings. The van der Waals surface area contributed by atoms with Gasteiger partial charge in [-0.1, -0.05) is 12.8 Å². The van der Waals surface area contributed by atoms with Gasteiger partial charge in [-0.2, -0.15) is 5.26 Å². The van der Waals surface area contributed by atoms with Crippen LogP contribution in [0.1, 0.15) is 32.6 Å². The summed E-state index contributed by atoms with van der Waals surface area (Å²) in [6, 6.07) is 2.18.